The van der Waals surface area contributed by atoms with Crippen LogP contribution >= 0.6 is 0 Å². The molecule has 0 N–H and O–H groups in total. The molecule has 0 bridgehead atoms. The van der Waals surface area contributed by atoms with Gasteiger partial charge in [-0.25, -0.2) is 4.98 Å². The predicted molar refractivity (Wildman–Crippen MR) is 80.5 cm³/mol. The molecule has 2 rings (SSSR count). The lowest BCUT2D eigenvalue weighted by Gasteiger charge is -2.16. The molecule has 1 heterocycles. The van der Waals surface area contributed by atoms with Crippen LogP contribution in [0.4, 0.5) is 5.95 Å². The van der Waals surface area contributed by atoms with Crippen molar-refractivity contribution >= 4 is 11.9 Å². The van der Waals surface area contributed by atoms with Crippen LogP contribution in [0.5, 0.6) is 17.4 Å². The summed E-state index contributed by atoms with van der Waals surface area (Å²) >= 11 is 0. The Kier molecular flexibility index (Phi) is 5.13. The summed E-state index contributed by atoms with van der Waals surface area (Å²) in [5.74, 6) is 1.56. The van der Waals surface area contributed by atoms with Gasteiger partial charge in [0, 0.05) is 25.4 Å². The number of ether oxygens (including phenoxy) is 3. The van der Waals surface area contributed by atoms with Crippen LogP contribution in [-0.4, -0.2) is 43.7 Å². The smallest absolute Gasteiger partial charge is 0.267 e. The maximum absolute atomic E-state index is 12.1. The van der Waals surface area contributed by atoms with Crippen LogP contribution < -0.4 is 19.1 Å². The molecule has 0 saturated carbocycles. The van der Waals surface area contributed by atoms with Crippen LogP contribution in [0, 0.1) is 0 Å². The molecule has 22 heavy (non-hydrogen) atoms. The molecule has 0 aliphatic heterocycles. The number of rotatable bonds is 6. The molecule has 0 spiro atoms. The number of hydrogen-bond acceptors (Lipinski definition) is 6. The van der Waals surface area contributed by atoms with E-state index in [0.717, 1.165) is 0 Å². The molecule has 1 aromatic heterocycles. The van der Waals surface area contributed by atoms with Crippen molar-refractivity contribution in [2.24, 2.45) is 0 Å². The third-order valence-corrected chi connectivity index (χ3v) is 2.90. The molecular formula is C15H17N3O4. The average Bonchev–Trinajstić information content (AvgIpc) is 2.59. The van der Waals surface area contributed by atoms with Gasteiger partial charge in [0.1, 0.15) is 11.5 Å². The molecule has 7 nitrogen and oxygen atoms in total. The Bertz CT molecular complexity index is 648. The first kappa shape index (κ1) is 15.6. The Balaban J connectivity index is 1.98. The molecular weight excluding hydrogens is 286 g/mol. The van der Waals surface area contributed by atoms with Gasteiger partial charge in [0.25, 0.3) is 5.91 Å². The van der Waals surface area contributed by atoms with Gasteiger partial charge in [-0.05, 0) is 12.1 Å². The highest BCUT2D eigenvalue weighted by molar-refractivity contribution is 5.92. The second-order valence-corrected chi connectivity index (χ2v) is 4.32. The SMILES string of the molecule is COc1cccc(OCC(=O)N(C)c2nccc(OC)n2)c1. The van der Waals surface area contributed by atoms with Crippen LogP contribution in [0.25, 0.3) is 0 Å². The molecule has 0 aliphatic carbocycles. The van der Waals surface area contributed by atoms with Gasteiger partial charge in [0.15, 0.2) is 6.61 Å². The zero-order chi connectivity index (χ0) is 15.9. The molecule has 7 heteroatoms. The maximum Gasteiger partial charge on any atom is 0.267 e. The van der Waals surface area contributed by atoms with Crippen molar-refractivity contribution in [3.8, 4) is 17.4 Å². The first-order valence-corrected chi connectivity index (χ1v) is 6.54. The lowest BCUT2D eigenvalue weighted by molar-refractivity contribution is -0.120. The summed E-state index contributed by atoms with van der Waals surface area (Å²) in [5, 5.41) is 0. The Hall–Kier alpha value is -2.83. The summed E-state index contributed by atoms with van der Waals surface area (Å²) in [5.41, 5.74) is 0. The van der Waals surface area contributed by atoms with Crippen molar-refractivity contribution in [3.63, 3.8) is 0 Å². The normalized spacial score (nSPS) is 9.95. The number of anilines is 1. The third kappa shape index (κ3) is 3.85. The van der Waals surface area contributed by atoms with Crippen LogP contribution in [0.3, 0.4) is 0 Å². The second-order valence-electron chi connectivity index (χ2n) is 4.32. The number of amides is 1. The monoisotopic (exact) mass is 303 g/mol. The van der Waals surface area contributed by atoms with Crippen LogP contribution in [0.1, 0.15) is 0 Å². The summed E-state index contributed by atoms with van der Waals surface area (Å²) in [7, 11) is 4.64. The molecule has 0 radical (unpaired) electrons. The van der Waals surface area contributed by atoms with E-state index in [9.17, 15) is 4.79 Å². The standard InChI is InChI=1S/C15H17N3O4/c1-18(15-16-8-7-13(17-15)21-3)14(19)10-22-12-6-4-5-11(9-12)20-2/h4-9H,10H2,1-3H3. The summed E-state index contributed by atoms with van der Waals surface area (Å²) in [6.07, 6.45) is 1.52. The summed E-state index contributed by atoms with van der Waals surface area (Å²) in [4.78, 5) is 21.5. The number of hydrogen-bond donors (Lipinski definition) is 0. The number of benzene rings is 1. The Morgan fingerprint density at radius 3 is 2.68 bits per heavy atom. The lowest BCUT2D eigenvalue weighted by Crippen LogP contribution is -2.32. The van der Waals surface area contributed by atoms with Crippen LogP contribution in [-0.2, 0) is 4.79 Å². The zero-order valence-corrected chi connectivity index (χ0v) is 12.6. The molecule has 0 atom stereocenters. The fourth-order valence-electron chi connectivity index (χ4n) is 1.65. The highest BCUT2D eigenvalue weighted by Gasteiger charge is 2.15. The zero-order valence-electron chi connectivity index (χ0n) is 12.6. The van der Waals surface area contributed by atoms with Crippen LogP contribution in [0.2, 0.25) is 0 Å². The van der Waals surface area contributed by atoms with Gasteiger partial charge in [0.05, 0.1) is 14.2 Å². The minimum atomic E-state index is -0.281. The molecule has 1 aromatic carbocycles. The van der Waals surface area contributed by atoms with E-state index in [4.69, 9.17) is 14.2 Å². The maximum atomic E-state index is 12.1. The highest BCUT2D eigenvalue weighted by Crippen LogP contribution is 2.19. The van der Waals surface area contributed by atoms with E-state index in [2.05, 4.69) is 9.97 Å². The van der Waals surface area contributed by atoms with Crippen molar-refractivity contribution in [2.45, 2.75) is 0 Å². The number of aromatic nitrogens is 2. The number of carbonyl (C=O) groups excluding carboxylic acids is 1. The quantitative estimate of drug-likeness (QED) is 0.806. The van der Waals surface area contributed by atoms with E-state index < -0.39 is 0 Å². The molecule has 0 fully saturated rings. The van der Waals surface area contributed by atoms with Gasteiger partial charge < -0.3 is 14.2 Å². The molecule has 116 valence electrons. The largest absolute Gasteiger partial charge is 0.497 e. The van der Waals surface area contributed by atoms with Crippen molar-refractivity contribution in [2.75, 3.05) is 32.8 Å². The number of nitrogens with zero attached hydrogens (tertiary/aromatic N) is 3. The predicted octanol–water partition coefficient (Wildman–Crippen LogP) is 1.54. The van der Waals surface area contributed by atoms with Gasteiger partial charge in [-0.2, -0.15) is 4.98 Å². The van der Waals surface area contributed by atoms with E-state index in [-0.39, 0.29) is 18.5 Å². The highest BCUT2D eigenvalue weighted by atomic mass is 16.5. The molecule has 0 unspecified atom stereocenters. The van der Waals surface area contributed by atoms with E-state index in [0.29, 0.717) is 17.4 Å². The number of carbonyl (C=O) groups is 1. The van der Waals surface area contributed by atoms with Gasteiger partial charge in [-0.3, -0.25) is 9.69 Å². The fourth-order valence-corrected chi connectivity index (χ4v) is 1.65. The third-order valence-electron chi connectivity index (χ3n) is 2.90. The van der Waals surface area contributed by atoms with Gasteiger partial charge >= 0.3 is 0 Å². The minimum absolute atomic E-state index is 0.135. The van der Waals surface area contributed by atoms with E-state index >= 15 is 0 Å². The Labute approximate surface area is 128 Å². The van der Waals surface area contributed by atoms with Crippen molar-refractivity contribution in [1.29, 1.82) is 0 Å². The van der Waals surface area contributed by atoms with Crippen molar-refractivity contribution < 1.29 is 19.0 Å². The van der Waals surface area contributed by atoms with E-state index in [1.54, 1.807) is 44.5 Å². The Morgan fingerprint density at radius 1 is 1.18 bits per heavy atom. The summed E-state index contributed by atoms with van der Waals surface area (Å²) in [6, 6.07) is 8.64. The van der Waals surface area contributed by atoms with E-state index in [1.165, 1.54) is 18.2 Å². The fraction of sp³-hybridized carbons (Fsp3) is 0.267. The van der Waals surface area contributed by atoms with Gasteiger partial charge in [-0.15, -0.1) is 0 Å². The number of likely N-dealkylation sites (N-methyl/N-ethyl adjacent to an activating group) is 1. The van der Waals surface area contributed by atoms with Crippen molar-refractivity contribution in [3.05, 3.63) is 36.5 Å². The topological polar surface area (TPSA) is 73.8 Å². The summed E-state index contributed by atoms with van der Waals surface area (Å²) in [6.45, 7) is -0.135. The number of methoxy groups -OCH3 is 2. The first-order chi connectivity index (χ1) is 10.6. The van der Waals surface area contributed by atoms with Crippen LogP contribution in [0.15, 0.2) is 36.5 Å². The second kappa shape index (κ2) is 7.26. The lowest BCUT2D eigenvalue weighted by atomic mass is 10.3. The van der Waals surface area contributed by atoms with E-state index in [1.807, 2.05) is 0 Å². The molecule has 0 aliphatic rings. The first-order valence-electron chi connectivity index (χ1n) is 6.54. The molecule has 2 aromatic rings. The van der Waals surface area contributed by atoms with Gasteiger partial charge in [-0.1, -0.05) is 6.07 Å². The molecule has 1 amide bonds. The van der Waals surface area contributed by atoms with Crippen molar-refractivity contribution in [1.82, 2.24) is 9.97 Å². The Morgan fingerprint density at radius 2 is 1.95 bits per heavy atom. The average molecular weight is 303 g/mol. The molecule has 0 saturated heterocycles. The summed E-state index contributed by atoms with van der Waals surface area (Å²) < 4.78 is 15.6. The minimum Gasteiger partial charge on any atom is -0.497 e. The van der Waals surface area contributed by atoms with Gasteiger partial charge in [0.2, 0.25) is 11.8 Å².